The summed E-state index contributed by atoms with van der Waals surface area (Å²) in [7, 11) is 0. The standard InChI is InChI=1S/C29H20ClN3O/c30-26-13-4-5-14-27(26)32-29(34)22(17-31)16-23-19-33(28-15-6-3-12-25(23)28)18-21-10-7-9-20-8-1-2-11-24(20)21/h1-16,19H,18H2,(H,32,34)/b22-16+. The Labute approximate surface area is 202 Å². The van der Waals surface area contributed by atoms with E-state index in [2.05, 4.69) is 40.2 Å². The lowest BCUT2D eigenvalue weighted by atomic mass is 10.0. The fraction of sp³-hybridized carbons (Fsp3) is 0.0345. The third-order valence-electron chi connectivity index (χ3n) is 5.83. The number of aromatic nitrogens is 1. The molecule has 1 heterocycles. The Bertz CT molecular complexity index is 1600. The summed E-state index contributed by atoms with van der Waals surface area (Å²) in [4.78, 5) is 12.8. The number of rotatable bonds is 5. The van der Waals surface area contributed by atoms with Crippen molar-refractivity contribution in [2.24, 2.45) is 0 Å². The number of carbonyl (C=O) groups is 1. The van der Waals surface area contributed by atoms with Gasteiger partial charge in [-0.2, -0.15) is 5.26 Å². The Balaban J connectivity index is 1.53. The topological polar surface area (TPSA) is 57.8 Å². The SMILES string of the molecule is N#C/C(=C\c1cn(Cc2cccc3ccccc23)c2ccccc12)C(=O)Nc1ccccc1Cl. The number of amides is 1. The highest BCUT2D eigenvalue weighted by atomic mass is 35.5. The predicted octanol–water partition coefficient (Wildman–Crippen LogP) is 7.04. The van der Waals surface area contributed by atoms with Crippen molar-refractivity contribution >= 4 is 50.9 Å². The van der Waals surface area contributed by atoms with E-state index in [9.17, 15) is 10.1 Å². The summed E-state index contributed by atoms with van der Waals surface area (Å²) in [6, 6.07) is 31.6. The molecule has 4 aromatic carbocycles. The molecule has 0 aliphatic heterocycles. The fourth-order valence-electron chi connectivity index (χ4n) is 4.19. The molecule has 0 unspecified atom stereocenters. The number of fused-ring (bicyclic) bond motifs is 2. The minimum atomic E-state index is -0.499. The maximum Gasteiger partial charge on any atom is 0.266 e. The molecule has 4 nitrogen and oxygen atoms in total. The molecule has 164 valence electrons. The van der Waals surface area contributed by atoms with Crippen LogP contribution < -0.4 is 5.32 Å². The number of anilines is 1. The number of nitrogens with one attached hydrogen (secondary N) is 1. The van der Waals surface area contributed by atoms with E-state index in [1.807, 2.05) is 48.7 Å². The third kappa shape index (κ3) is 4.17. The highest BCUT2D eigenvalue weighted by Gasteiger charge is 2.14. The molecule has 0 radical (unpaired) electrons. The molecule has 5 heteroatoms. The molecular formula is C29H20ClN3O. The predicted molar refractivity (Wildman–Crippen MR) is 139 cm³/mol. The first-order valence-electron chi connectivity index (χ1n) is 10.9. The van der Waals surface area contributed by atoms with Gasteiger partial charge in [-0.15, -0.1) is 0 Å². The molecule has 1 aromatic heterocycles. The van der Waals surface area contributed by atoms with Crippen molar-refractivity contribution < 1.29 is 4.79 Å². The van der Waals surface area contributed by atoms with Crippen LogP contribution >= 0.6 is 11.6 Å². The first-order chi connectivity index (χ1) is 16.6. The lowest BCUT2D eigenvalue weighted by Crippen LogP contribution is -2.13. The maximum absolute atomic E-state index is 12.8. The molecule has 0 aliphatic carbocycles. The molecule has 1 N–H and O–H groups in total. The van der Waals surface area contributed by atoms with Crippen LogP contribution in [0.4, 0.5) is 5.69 Å². The number of para-hydroxylation sites is 2. The van der Waals surface area contributed by atoms with Crippen molar-refractivity contribution in [3.63, 3.8) is 0 Å². The van der Waals surface area contributed by atoms with E-state index in [-0.39, 0.29) is 5.57 Å². The summed E-state index contributed by atoms with van der Waals surface area (Å²) in [5.41, 5.74) is 3.51. The van der Waals surface area contributed by atoms with E-state index in [1.54, 1.807) is 30.3 Å². The number of hydrogen-bond acceptors (Lipinski definition) is 2. The van der Waals surface area contributed by atoms with Crippen LogP contribution in [0.3, 0.4) is 0 Å². The summed E-state index contributed by atoms with van der Waals surface area (Å²) in [5.74, 6) is -0.499. The van der Waals surface area contributed by atoms with Crippen molar-refractivity contribution in [2.75, 3.05) is 5.32 Å². The van der Waals surface area contributed by atoms with Crippen LogP contribution in [-0.2, 0) is 11.3 Å². The zero-order valence-corrected chi connectivity index (χ0v) is 19.0. The van der Waals surface area contributed by atoms with Gasteiger partial charge >= 0.3 is 0 Å². The number of carbonyl (C=O) groups excluding carboxylic acids is 1. The average Bonchev–Trinajstić information content (AvgIpc) is 3.21. The molecule has 0 fully saturated rings. The zero-order valence-electron chi connectivity index (χ0n) is 18.2. The largest absolute Gasteiger partial charge is 0.342 e. The third-order valence-corrected chi connectivity index (χ3v) is 6.16. The lowest BCUT2D eigenvalue weighted by Gasteiger charge is -2.09. The first kappa shape index (κ1) is 21.5. The second-order valence-electron chi connectivity index (χ2n) is 7.97. The second-order valence-corrected chi connectivity index (χ2v) is 8.38. The first-order valence-corrected chi connectivity index (χ1v) is 11.2. The summed E-state index contributed by atoms with van der Waals surface area (Å²) >= 11 is 6.16. The van der Waals surface area contributed by atoms with Gasteiger partial charge in [-0.05, 0) is 40.6 Å². The van der Waals surface area contributed by atoms with Gasteiger partial charge in [-0.25, -0.2) is 0 Å². The van der Waals surface area contributed by atoms with Gasteiger partial charge in [-0.1, -0.05) is 84.4 Å². The van der Waals surface area contributed by atoms with E-state index in [0.29, 0.717) is 17.3 Å². The van der Waals surface area contributed by atoms with Gasteiger partial charge in [0.05, 0.1) is 10.7 Å². The van der Waals surface area contributed by atoms with Crippen LogP contribution in [0, 0.1) is 11.3 Å². The zero-order chi connectivity index (χ0) is 23.5. The van der Waals surface area contributed by atoms with Crippen LogP contribution in [-0.4, -0.2) is 10.5 Å². The number of hydrogen-bond donors (Lipinski definition) is 1. The van der Waals surface area contributed by atoms with Crippen LogP contribution in [0.1, 0.15) is 11.1 Å². The van der Waals surface area contributed by atoms with Gasteiger partial charge < -0.3 is 9.88 Å². The molecule has 0 spiro atoms. The molecule has 0 aliphatic rings. The summed E-state index contributed by atoms with van der Waals surface area (Å²) in [6.45, 7) is 0.670. The average molecular weight is 462 g/mol. The molecule has 5 aromatic rings. The second kappa shape index (κ2) is 9.27. The van der Waals surface area contributed by atoms with Crippen LogP contribution in [0.15, 0.2) is 103 Å². The summed E-state index contributed by atoms with van der Waals surface area (Å²) < 4.78 is 2.16. The van der Waals surface area contributed by atoms with E-state index in [4.69, 9.17) is 11.6 Å². The quantitative estimate of drug-likeness (QED) is 0.225. The van der Waals surface area contributed by atoms with Gasteiger partial charge in [0.25, 0.3) is 5.91 Å². The normalized spacial score (nSPS) is 11.5. The monoisotopic (exact) mass is 461 g/mol. The van der Waals surface area contributed by atoms with Crippen molar-refractivity contribution in [1.82, 2.24) is 4.57 Å². The van der Waals surface area contributed by atoms with Gasteiger partial charge in [0, 0.05) is 29.2 Å². The molecule has 34 heavy (non-hydrogen) atoms. The molecule has 0 bridgehead atoms. The van der Waals surface area contributed by atoms with Crippen molar-refractivity contribution in [2.45, 2.75) is 6.54 Å². The lowest BCUT2D eigenvalue weighted by molar-refractivity contribution is -0.112. The van der Waals surface area contributed by atoms with Crippen molar-refractivity contribution in [3.8, 4) is 6.07 Å². The number of halogens is 1. The summed E-state index contributed by atoms with van der Waals surface area (Å²) in [5, 5.41) is 16.2. The molecular weight excluding hydrogens is 442 g/mol. The summed E-state index contributed by atoms with van der Waals surface area (Å²) in [6.07, 6.45) is 3.63. The molecule has 0 saturated heterocycles. The van der Waals surface area contributed by atoms with E-state index >= 15 is 0 Å². The molecule has 0 saturated carbocycles. The Hall–Kier alpha value is -4.33. The van der Waals surface area contributed by atoms with Gasteiger partial charge in [0.15, 0.2) is 0 Å². The highest BCUT2D eigenvalue weighted by Crippen LogP contribution is 2.27. The fourth-order valence-corrected chi connectivity index (χ4v) is 4.37. The maximum atomic E-state index is 12.8. The van der Waals surface area contributed by atoms with Crippen molar-refractivity contribution in [3.05, 3.63) is 119 Å². The van der Waals surface area contributed by atoms with E-state index in [1.165, 1.54) is 16.3 Å². The Kier molecular flexibility index (Phi) is 5.86. The van der Waals surface area contributed by atoms with Crippen LogP contribution in [0.25, 0.3) is 27.8 Å². The Morgan fingerprint density at radius 1 is 0.912 bits per heavy atom. The number of nitrogens with zero attached hydrogens (tertiary/aromatic N) is 2. The van der Waals surface area contributed by atoms with Gasteiger partial charge in [0.1, 0.15) is 11.6 Å². The Morgan fingerprint density at radius 2 is 1.62 bits per heavy atom. The molecule has 5 rings (SSSR count). The smallest absolute Gasteiger partial charge is 0.266 e. The van der Waals surface area contributed by atoms with Gasteiger partial charge in [0.2, 0.25) is 0 Å². The highest BCUT2D eigenvalue weighted by molar-refractivity contribution is 6.34. The number of nitriles is 1. The minimum Gasteiger partial charge on any atom is -0.342 e. The van der Waals surface area contributed by atoms with Crippen LogP contribution in [0.2, 0.25) is 5.02 Å². The van der Waals surface area contributed by atoms with Crippen LogP contribution in [0.5, 0.6) is 0 Å². The molecule has 1 amide bonds. The van der Waals surface area contributed by atoms with Crippen molar-refractivity contribution in [1.29, 1.82) is 5.26 Å². The Morgan fingerprint density at radius 3 is 2.44 bits per heavy atom. The molecule has 0 atom stereocenters. The van der Waals surface area contributed by atoms with E-state index in [0.717, 1.165) is 16.5 Å². The van der Waals surface area contributed by atoms with Gasteiger partial charge in [-0.3, -0.25) is 4.79 Å². The number of benzene rings is 4. The van der Waals surface area contributed by atoms with E-state index < -0.39 is 5.91 Å². The minimum absolute atomic E-state index is 0.00739.